The van der Waals surface area contributed by atoms with Crippen LogP contribution in [0.2, 0.25) is 0 Å². The summed E-state index contributed by atoms with van der Waals surface area (Å²) in [6, 6.07) is 0.751. The first-order valence-electron chi connectivity index (χ1n) is 5.94. The Kier molecular flexibility index (Phi) is 5.66. The molecule has 0 saturated carbocycles. The summed E-state index contributed by atoms with van der Waals surface area (Å²) < 4.78 is 0. The molecule has 0 radical (unpaired) electrons. The van der Waals surface area contributed by atoms with E-state index in [2.05, 4.69) is 49.3 Å². The molecular weight excluding hydrogens is 184 g/mol. The molecule has 1 aliphatic heterocycles. The summed E-state index contributed by atoms with van der Waals surface area (Å²) in [5, 5.41) is 3.48. The van der Waals surface area contributed by atoms with E-state index in [1.165, 1.54) is 25.0 Å². The SMILES string of the molecule is C/C=C(C)/C=C/CNC[C@@H]1CCCN1C. The summed E-state index contributed by atoms with van der Waals surface area (Å²) in [5.41, 5.74) is 1.33. The van der Waals surface area contributed by atoms with Gasteiger partial charge in [-0.15, -0.1) is 0 Å². The van der Waals surface area contributed by atoms with Gasteiger partial charge >= 0.3 is 0 Å². The Labute approximate surface area is 94.0 Å². The minimum Gasteiger partial charge on any atom is -0.312 e. The molecule has 1 saturated heterocycles. The van der Waals surface area contributed by atoms with Gasteiger partial charge in [-0.1, -0.05) is 23.8 Å². The number of hydrogen-bond acceptors (Lipinski definition) is 2. The van der Waals surface area contributed by atoms with Gasteiger partial charge in [0, 0.05) is 19.1 Å². The van der Waals surface area contributed by atoms with Gasteiger partial charge in [-0.05, 0) is 40.3 Å². The number of nitrogens with zero attached hydrogens (tertiary/aromatic N) is 1. The van der Waals surface area contributed by atoms with Gasteiger partial charge in [-0.2, -0.15) is 0 Å². The van der Waals surface area contributed by atoms with Crippen molar-refractivity contribution in [2.45, 2.75) is 32.7 Å². The minimum atomic E-state index is 0.751. The van der Waals surface area contributed by atoms with Gasteiger partial charge in [-0.3, -0.25) is 0 Å². The first kappa shape index (κ1) is 12.5. The van der Waals surface area contributed by atoms with Crippen molar-refractivity contribution in [3.63, 3.8) is 0 Å². The molecule has 0 spiro atoms. The van der Waals surface area contributed by atoms with Crippen LogP contribution in [0.15, 0.2) is 23.8 Å². The third-order valence-corrected chi connectivity index (χ3v) is 3.15. The molecule has 0 aromatic heterocycles. The fourth-order valence-electron chi connectivity index (χ4n) is 1.91. The Morgan fingerprint density at radius 3 is 2.93 bits per heavy atom. The van der Waals surface area contributed by atoms with Crippen LogP contribution in [0.25, 0.3) is 0 Å². The lowest BCUT2D eigenvalue weighted by atomic mass is 10.2. The van der Waals surface area contributed by atoms with E-state index >= 15 is 0 Å². The van der Waals surface area contributed by atoms with Crippen molar-refractivity contribution in [3.8, 4) is 0 Å². The second-order valence-corrected chi connectivity index (χ2v) is 4.37. The molecule has 0 aliphatic carbocycles. The summed E-state index contributed by atoms with van der Waals surface area (Å²) in [5.74, 6) is 0. The lowest BCUT2D eigenvalue weighted by Crippen LogP contribution is -2.35. The molecule has 1 aliphatic rings. The maximum Gasteiger partial charge on any atom is 0.0218 e. The van der Waals surface area contributed by atoms with Crippen molar-refractivity contribution in [3.05, 3.63) is 23.8 Å². The minimum absolute atomic E-state index is 0.751. The predicted octanol–water partition coefficient (Wildman–Crippen LogP) is 2.19. The van der Waals surface area contributed by atoms with Gasteiger partial charge < -0.3 is 10.2 Å². The molecular formula is C13H24N2. The van der Waals surface area contributed by atoms with Crippen LogP contribution in [0.4, 0.5) is 0 Å². The Morgan fingerprint density at radius 1 is 1.53 bits per heavy atom. The van der Waals surface area contributed by atoms with Gasteiger partial charge in [0.2, 0.25) is 0 Å². The zero-order chi connectivity index (χ0) is 11.1. The van der Waals surface area contributed by atoms with Gasteiger partial charge in [0.05, 0.1) is 0 Å². The summed E-state index contributed by atoms with van der Waals surface area (Å²) in [6.45, 7) is 7.56. The number of likely N-dealkylation sites (tertiary alicyclic amines) is 1. The third-order valence-electron chi connectivity index (χ3n) is 3.15. The van der Waals surface area contributed by atoms with E-state index in [1.807, 2.05) is 0 Å². The molecule has 86 valence electrons. The molecule has 0 bridgehead atoms. The number of nitrogens with one attached hydrogen (secondary N) is 1. The number of likely N-dealkylation sites (N-methyl/N-ethyl adjacent to an activating group) is 1. The van der Waals surface area contributed by atoms with E-state index in [0.29, 0.717) is 0 Å². The van der Waals surface area contributed by atoms with Gasteiger partial charge in [0.15, 0.2) is 0 Å². The highest BCUT2D eigenvalue weighted by atomic mass is 15.2. The van der Waals surface area contributed by atoms with Gasteiger partial charge in [-0.25, -0.2) is 0 Å². The van der Waals surface area contributed by atoms with E-state index in [9.17, 15) is 0 Å². The van der Waals surface area contributed by atoms with Crippen molar-refractivity contribution < 1.29 is 0 Å². The summed E-state index contributed by atoms with van der Waals surface area (Å²) >= 11 is 0. The van der Waals surface area contributed by atoms with Crippen LogP contribution in [0.1, 0.15) is 26.7 Å². The van der Waals surface area contributed by atoms with Crippen LogP contribution >= 0.6 is 0 Å². The molecule has 0 aromatic rings. The summed E-state index contributed by atoms with van der Waals surface area (Å²) in [7, 11) is 2.22. The van der Waals surface area contributed by atoms with Crippen LogP contribution in [0, 0.1) is 0 Å². The maximum atomic E-state index is 3.48. The molecule has 1 fully saturated rings. The van der Waals surface area contributed by atoms with E-state index < -0.39 is 0 Å². The number of rotatable bonds is 5. The highest BCUT2D eigenvalue weighted by Crippen LogP contribution is 2.13. The summed E-state index contributed by atoms with van der Waals surface area (Å²) in [4.78, 5) is 2.45. The largest absolute Gasteiger partial charge is 0.312 e. The molecule has 1 N–H and O–H groups in total. The molecule has 2 heteroatoms. The maximum absolute atomic E-state index is 3.48. The Balaban J connectivity index is 2.09. The van der Waals surface area contributed by atoms with E-state index in [0.717, 1.165) is 19.1 Å². The molecule has 0 unspecified atom stereocenters. The summed E-state index contributed by atoms with van der Waals surface area (Å²) in [6.07, 6.45) is 9.20. The molecule has 0 aromatic carbocycles. The second-order valence-electron chi connectivity index (χ2n) is 4.37. The predicted molar refractivity (Wildman–Crippen MR) is 67.1 cm³/mol. The van der Waals surface area contributed by atoms with Crippen LogP contribution in [0.3, 0.4) is 0 Å². The van der Waals surface area contributed by atoms with Crippen molar-refractivity contribution >= 4 is 0 Å². The zero-order valence-corrected chi connectivity index (χ0v) is 10.3. The first-order chi connectivity index (χ1) is 7.24. The van der Waals surface area contributed by atoms with Crippen molar-refractivity contribution in [2.24, 2.45) is 0 Å². The second kappa shape index (κ2) is 6.81. The molecule has 1 atom stereocenters. The normalized spacial score (nSPS) is 24.2. The molecule has 0 amide bonds. The van der Waals surface area contributed by atoms with Crippen molar-refractivity contribution in [2.75, 3.05) is 26.7 Å². The fourth-order valence-corrected chi connectivity index (χ4v) is 1.91. The van der Waals surface area contributed by atoms with Gasteiger partial charge in [0.1, 0.15) is 0 Å². The number of hydrogen-bond donors (Lipinski definition) is 1. The highest BCUT2D eigenvalue weighted by molar-refractivity contribution is 5.14. The Hall–Kier alpha value is -0.600. The van der Waals surface area contributed by atoms with Gasteiger partial charge in [0.25, 0.3) is 0 Å². The van der Waals surface area contributed by atoms with Crippen molar-refractivity contribution in [1.29, 1.82) is 0 Å². The lowest BCUT2D eigenvalue weighted by molar-refractivity contribution is 0.303. The smallest absolute Gasteiger partial charge is 0.0218 e. The average Bonchev–Trinajstić information content (AvgIpc) is 2.63. The number of allylic oxidation sites excluding steroid dienone is 3. The van der Waals surface area contributed by atoms with Crippen LogP contribution in [0.5, 0.6) is 0 Å². The lowest BCUT2D eigenvalue weighted by Gasteiger charge is -2.19. The molecule has 15 heavy (non-hydrogen) atoms. The van der Waals surface area contributed by atoms with Crippen molar-refractivity contribution in [1.82, 2.24) is 10.2 Å². The fraction of sp³-hybridized carbons (Fsp3) is 0.692. The topological polar surface area (TPSA) is 15.3 Å². The molecule has 1 rings (SSSR count). The third kappa shape index (κ3) is 4.63. The Bertz CT molecular complexity index is 231. The van der Waals surface area contributed by atoms with Crippen LogP contribution in [-0.2, 0) is 0 Å². The van der Waals surface area contributed by atoms with E-state index in [4.69, 9.17) is 0 Å². The molecule has 2 nitrogen and oxygen atoms in total. The zero-order valence-electron chi connectivity index (χ0n) is 10.3. The first-order valence-corrected chi connectivity index (χ1v) is 5.94. The van der Waals surface area contributed by atoms with E-state index in [1.54, 1.807) is 0 Å². The van der Waals surface area contributed by atoms with Crippen LogP contribution < -0.4 is 5.32 Å². The highest BCUT2D eigenvalue weighted by Gasteiger charge is 2.19. The average molecular weight is 208 g/mol. The van der Waals surface area contributed by atoms with E-state index in [-0.39, 0.29) is 0 Å². The standard InChI is InChI=1S/C13H24N2/c1-4-12(2)7-5-9-14-11-13-8-6-10-15(13)3/h4-5,7,13-14H,6,8-11H2,1-3H3/b7-5+,12-4+/t13-/m0/s1. The van der Waals surface area contributed by atoms with Crippen LogP contribution in [-0.4, -0.2) is 37.6 Å². The molecule has 1 heterocycles. The monoisotopic (exact) mass is 208 g/mol. The quantitative estimate of drug-likeness (QED) is 0.550. The Morgan fingerprint density at radius 2 is 2.33 bits per heavy atom.